The highest BCUT2D eigenvalue weighted by Gasteiger charge is 2.17. The first-order valence-corrected chi connectivity index (χ1v) is 7.19. The number of hydrogen-bond acceptors (Lipinski definition) is 6. The van der Waals surface area contributed by atoms with Gasteiger partial charge in [-0.05, 0) is 36.1 Å². The molecule has 0 saturated carbocycles. The van der Waals surface area contributed by atoms with Crippen LogP contribution >= 0.6 is 0 Å². The SMILES string of the molecule is COc1ccc(B(O)O)cc1-c1cc(F)c2c(N)nnc(C)c2c1. The Morgan fingerprint density at radius 3 is 2.58 bits per heavy atom. The van der Waals surface area contributed by atoms with E-state index in [1.165, 1.54) is 25.3 Å². The second-order valence-electron chi connectivity index (χ2n) is 5.38. The van der Waals surface area contributed by atoms with Gasteiger partial charge in [0.2, 0.25) is 0 Å². The van der Waals surface area contributed by atoms with Crippen LogP contribution in [-0.4, -0.2) is 34.5 Å². The third-order valence-corrected chi connectivity index (χ3v) is 3.88. The van der Waals surface area contributed by atoms with Crippen molar-refractivity contribution in [3.8, 4) is 16.9 Å². The Morgan fingerprint density at radius 1 is 1.17 bits per heavy atom. The van der Waals surface area contributed by atoms with Crippen LogP contribution in [0.25, 0.3) is 21.9 Å². The third-order valence-electron chi connectivity index (χ3n) is 3.88. The number of hydrogen-bond donors (Lipinski definition) is 3. The molecule has 0 saturated heterocycles. The zero-order valence-corrected chi connectivity index (χ0v) is 13.1. The van der Waals surface area contributed by atoms with Crippen LogP contribution in [0.5, 0.6) is 5.75 Å². The number of ether oxygens (including phenoxy) is 1. The molecule has 0 unspecified atom stereocenters. The van der Waals surface area contributed by atoms with Crippen LogP contribution in [0.3, 0.4) is 0 Å². The van der Waals surface area contributed by atoms with Gasteiger partial charge in [0.05, 0.1) is 18.2 Å². The fraction of sp³-hybridized carbons (Fsp3) is 0.125. The number of nitrogen functional groups attached to an aromatic ring is 1. The molecule has 0 atom stereocenters. The molecule has 0 aliphatic rings. The minimum Gasteiger partial charge on any atom is -0.496 e. The van der Waals surface area contributed by atoms with Crippen LogP contribution in [0.15, 0.2) is 30.3 Å². The highest BCUT2D eigenvalue weighted by Crippen LogP contribution is 2.34. The lowest BCUT2D eigenvalue weighted by Gasteiger charge is -2.13. The molecule has 1 aromatic heterocycles. The van der Waals surface area contributed by atoms with E-state index in [0.717, 1.165) is 0 Å². The van der Waals surface area contributed by atoms with Gasteiger partial charge >= 0.3 is 7.12 Å². The molecule has 122 valence electrons. The maximum absolute atomic E-state index is 14.6. The Bertz CT molecular complexity index is 934. The van der Waals surface area contributed by atoms with Crippen molar-refractivity contribution in [2.45, 2.75) is 6.92 Å². The number of nitrogens with zero attached hydrogens (tertiary/aromatic N) is 2. The predicted octanol–water partition coefficient (Wildman–Crippen LogP) is 1.01. The molecule has 3 aromatic rings. The van der Waals surface area contributed by atoms with Gasteiger partial charge in [0, 0.05) is 10.9 Å². The van der Waals surface area contributed by atoms with Crippen LogP contribution in [0.1, 0.15) is 5.69 Å². The average Bonchev–Trinajstić information content (AvgIpc) is 2.57. The first-order chi connectivity index (χ1) is 11.4. The maximum Gasteiger partial charge on any atom is 0.488 e. The van der Waals surface area contributed by atoms with Crippen molar-refractivity contribution < 1.29 is 19.2 Å². The van der Waals surface area contributed by atoms with E-state index in [9.17, 15) is 14.4 Å². The highest BCUT2D eigenvalue weighted by molar-refractivity contribution is 6.58. The van der Waals surface area contributed by atoms with E-state index in [2.05, 4.69) is 10.2 Å². The molecule has 0 fully saturated rings. The molecule has 0 spiro atoms. The van der Waals surface area contributed by atoms with E-state index in [-0.39, 0.29) is 16.7 Å². The Labute approximate surface area is 137 Å². The van der Waals surface area contributed by atoms with Crippen molar-refractivity contribution in [2.75, 3.05) is 12.8 Å². The van der Waals surface area contributed by atoms with Gasteiger partial charge in [-0.3, -0.25) is 0 Å². The van der Waals surface area contributed by atoms with Crippen molar-refractivity contribution in [1.29, 1.82) is 0 Å². The number of aryl methyl sites for hydroxylation is 1. The van der Waals surface area contributed by atoms with Crippen molar-refractivity contribution in [3.63, 3.8) is 0 Å². The minimum absolute atomic E-state index is 0.0196. The van der Waals surface area contributed by atoms with Crippen molar-refractivity contribution in [3.05, 3.63) is 41.8 Å². The molecular formula is C16H15BFN3O3. The number of benzene rings is 2. The molecule has 0 amide bonds. The minimum atomic E-state index is -1.64. The normalized spacial score (nSPS) is 10.9. The first kappa shape index (κ1) is 16.2. The maximum atomic E-state index is 14.6. The summed E-state index contributed by atoms with van der Waals surface area (Å²) in [5, 5.41) is 27.1. The second-order valence-corrected chi connectivity index (χ2v) is 5.38. The molecule has 8 heteroatoms. The fourth-order valence-corrected chi connectivity index (χ4v) is 2.65. The molecule has 0 aliphatic heterocycles. The Kier molecular flexibility index (Phi) is 4.08. The van der Waals surface area contributed by atoms with Crippen molar-refractivity contribution in [2.24, 2.45) is 0 Å². The second kappa shape index (κ2) is 6.07. The lowest BCUT2D eigenvalue weighted by Crippen LogP contribution is -2.29. The summed E-state index contributed by atoms with van der Waals surface area (Å²) in [6, 6.07) is 7.70. The molecular weight excluding hydrogens is 312 g/mol. The van der Waals surface area contributed by atoms with Gasteiger partial charge in [-0.1, -0.05) is 12.1 Å². The van der Waals surface area contributed by atoms with Gasteiger partial charge in [0.15, 0.2) is 5.82 Å². The molecule has 2 aromatic carbocycles. The summed E-state index contributed by atoms with van der Waals surface area (Å²) in [4.78, 5) is 0. The van der Waals surface area contributed by atoms with Crippen LogP contribution in [0.4, 0.5) is 10.2 Å². The molecule has 6 nitrogen and oxygen atoms in total. The Hall–Kier alpha value is -2.71. The third kappa shape index (κ3) is 2.66. The Balaban J connectivity index is 2.31. The monoisotopic (exact) mass is 327 g/mol. The molecule has 3 rings (SSSR count). The molecule has 4 N–H and O–H groups in total. The van der Waals surface area contributed by atoms with Crippen LogP contribution < -0.4 is 15.9 Å². The van der Waals surface area contributed by atoms with Crippen molar-refractivity contribution >= 4 is 29.2 Å². The van der Waals surface area contributed by atoms with Crippen molar-refractivity contribution in [1.82, 2.24) is 10.2 Å². The Morgan fingerprint density at radius 2 is 1.92 bits per heavy atom. The first-order valence-electron chi connectivity index (χ1n) is 7.19. The zero-order valence-electron chi connectivity index (χ0n) is 13.1. The molecule has 1 heterocycles. The van der Waals surface area contributed by atoms with E-state index in [1.54, 1.807) is 19.1 Å². The van der Waals surface area contributed by atoms with Crippen LogP contribution in [0.2, 0.25) is 0 Å². The quantitative estimate of drug-likeness (QED) is 0.621. The van der Waals surface area contributed by atoms with E-state index < -0.39 is 12.9 Å². The van der Waals surface area contributed by atoms with E-state index in [0.29, 0.717) is 28.0 Å². The topological polar surface area (TPSA) is 101 Å². The number of nitrogens with two attached hydrogens (primary N) is 1. The summed E-state index contributed by atoms with van der Waals surface area (Å²) in [7, 11) is -0.150. The van der Waals surface area contributed by atoms with Gasteiger partial charge in [-0.15, -0.1) is 5.10 Å². The number of anilines is 1. The average molecular weight is 327 g/mol. The van der Waals surface area contributed by atoms with Gasteiger partial charge in [0.25, 0.3) is 0 Å². The summed E-state index contributed by atoms with van der Waals surface area (Å²) >= 11 is 0. The van der Waals surface area contributed by atoms with E-state index >= 15 is 0 Å². The van der Waals surface area contributed by atoms with Crippen LogP contribution in [-0.2, 0) is 0 Å². The van der Waals surface area contributed by atoms with Gasteiger partial charge < -0.3 is 20.5 Å². The molecule has 0 bridgehead atoms. The standard InChI is InChI=1S/C16H15BFN3O3/c1-8-11-5-9(6-13(18)15(11)16(19)21-20-8)12-7-10(17(22)23)3-4-14(12)24-2/h3-7,22-23H,1-2H3,(H2,19,21). The van der Waals surface area contributed by atoms with Gasteiger partial charge in [-0.25, -0.2) is 4.39 Å². The summed E-state index contributed by atoms with van der Waals surface area (Å²) in [5.74, 6) is -0.0352. The number of aromatic nitrogens is 2. The zero-order chi connectivity index (χ0) is 17.4. The van der Waals surface area contributed by atoms with E-state index in [4.69, 9.17) is 10.5 Å². The predicted molar refractivity (Wildman–Crippen MR) is 90.5 cm³/mol. The number of halogens is 1. The largest absolute Gasteiger partial charge is 0.496 e. The molecule has 24 heavy (non-hydrogen) atoms. The number of fused-ring (bicyclic) bond motifs is 1. The lowest BCUT2D eigenvalue weighted by atomic mass is 9.79. The highest BCUT2D eigenvalue weighted by atomic mass is 19.1. The number of rotatable bonds is 3. The summed E-state index contributed by atoms with van der Waals surface area (Å²) in [5.41, 5.74) is 7.58. The number of methoxy groups -OCH3 is 1. The fourth-order valence-electron chi connectivity index (χ4n) is 2.65. The summed E-state index contributed by atoms with van der Waals surface area (Å²) in [6.45, 7) is 1.71. The summed E-state index contributed by atoms with van der Waals surface area (Å²) in [6.07, 6.45) is 0. The van der Waals surface area contributed by atoms with E-state index in [1.807, 2.05) is 0 Å². The van der Waals surface area contributed by atoms with Gasteiger partial charge in [-0.2, -0.15) is 5.10 Å². The van der Waals surface area contributed by atoms with Crippen LogP contribution in [0, 0.1) is 12.7 Å². The molecule has 0 aliphatic carbocycles. The van der Waals surface area contributed by atoms with Gasteiger partial charge in [0.1, 0.15) is 11.6 Å². The molecule has 0 radical (unpaired) electrons. The summed E-state index contributed by atoms with van der Waals surface area (Å²) < 4.78 is 19.9. The smallest absolute Gasteiger partial charge is 0.488 e. The lowest BCUT2D eigenvalue weighted by molar-refractivity contribution is 0.415.